The Labute approximate surface area is 149 Å². The molecule has 1 amide bonds. The summed E-state index contributed by atoms with van der Waals surface area (Å²) in [5.41, 5.74) is 0.214. The molecule has 1 atom stereocenters. The molecule has 1 N–H and O–H groups in total. The van der Waals surface area contributed by atoms with Crippen molar-refractivity contribution in [1.29, 1.82) is 0 Å². The topological polar surface area (TPSA) is 67.4 Å². The van der Waals surface area contributed by atoms with E-state index >= 15 is 0 Å². The van der Waals surface area contributed by atoms with Gasteiger partial charge < -0.3 is 15.0 Å². The predicted molar refractivity (Wildman–Crippen MR) is 95.0 cm³/mol. The SMILES string of the molecule is CC(Cc1cccs1)NC(=O)c1nc(N2CCOCC2)ncc1Cl. The Bertz CT molecular complexity index is 689. The highest BCUT2D eigenvalue weighted by molar-refractivity contribution is 7.09. The Morgan fingerprint density at radius 2 is 2.29 bits per heavy atom. The number of thiophene rings is 1. The summed E-state index contributed by atoms with van der Waals surface area (Å²) in [6.07, 6.45) is 2.26. The smallest absolute Gasteiger partial charge is 0.271 e. The van der Waals surface area contributed by atoms with Gasteiger partial charge in [-0.15, -0.1) is 11.3 Å². The lowest BCUT2D eigenvalue weighted by Crippen LogP contribution is -2.38. The van der Waals surface area contributed by atoms with Gasteiger partial charge in [0.05, 0.1) is 24.4 Å². The van der Waals surface area contributed by atoms with Crippen LogP contribution in [0, 0.1) is 0 Å². The van der Waals surface area contributed by atoms with Crippen LogP contribution in [-0.2, 0) is 11.2 Å². The third-order valence-corrected chi connectivity index (χ3v) is 4.88. The molecule has 2 aromatic rings. The number of hydrogen-bond donors (Lipinski definition) is 1. The molecule has 2 aromatic heterocycles. The molecule has 0 saturated carbocycles. The van der Waals surface area contributed by atoms with Crippen LogP contribution >= 0.6 is 22.9 Å². The number of amides is 1. The van der Waals surface area contributed by atoms with Crippen molar-refractivity contribution in [3.63, 3.8) is 0 Å². The Morgan fingerprint density at radius 3 is 3.00 bits per heavy atom. The van der Waals surface area contributed by atoms with E-state index in [0.717, 1.165) is 6.42 Å². The summed E-state index contributed by atoms with van der Waals surface area (Å²) in [4.78, 5) is 24.3. The number of ether oxygens (including phenoxy) is 1. The fraction of sp³-hybridized carbons (Fsp3) is 0.438. The van der Waals surface area contributed by atoms with Gasteiger partial charge in [-0.1, -0.05) is 17.7 Å². The summed E-state index contributed by atoms with van der Waals surface area (Å²) in [5, 5.41) is 5.24. The quantitative estimate of drug-likeness (QED) is 0.880. The molecule has 24 heavy (non-hydrogen) atoms. The summed E-state index contributed by atoms with van der Waals surface area (Å²) in [6, 6.07) is 4.06. The Morgan fingerprint density at radius 1 is 1.50 bits per heavy atom. The van der Waals surface area contributed by atoms with Crippen LogP contribution in [-0.4, -0.2) is 48.2 Å². The molecule has 0 aliphatic carbocycles. The van der Waals surface area contributed by atoms with E-state index < -0.39 is 0 Å². The van der Waals surface area contributed by atoms with E-state index in [9.17, 15) is 4.79 Å². The van der Waals surface area contributed by atoms with E-state index in [0.29, 0.717) is 32.3 Å². The molecule has 0 aromatic carbocycles. The largest absolute Gasteiger partial charge is 0.378 e. The molecule has 1 aliphatic rings. The summed E-state index contributed by atoms with van der Waals surface area (Å²) < 4.78 is 5.32. The predicted octanol–water partition coefficient (Wildman–Crippen LogP) is 2.39. The average Bonchev–Trinajstić information content (AvgIpc) is 3.08. The van der Waals surface area contributed by atoms with Crippen molar-refractivity contribution in [2.75, 3.05) is 31.2 Å². The van der Waals surface area contributed by atoms with Crippen LogP contribution < -0.4 is 10.2 Å². The van der Waals surface area contributed by atoms with Gasteiger partial charge >= 0.3 is 0 Å². The van der Waals surface area contributed by atoms with Gasteiger partial charge in [0.15, 0.2) is 5.69 Å². The third-order valence-electron chi connectivity index (χ3n) is 3.71. The number of hydrogen-bond acceptors (Lipinski definition) is 6. The molecular weight excluding hydrogens is 348 g/mol. The molecule has 1 aliphatic heterocycles. The van der Waals surface area contributed by atoms with Gasteiger partial charge in [-0.25, -0.2) is 9.97 Å². The van der Waals surface area contributed by atoms with Crippen molar-refractivity contribution in [1.82, 2.24) is 15.3 Å². The van der Waals surface area contributed by atoms with E-state index in [-0.39, 0.29) is 22.7 Å². The molecular formula is C16H19ClN4O2S. The number of aromatic nitrogens is 2. The molecule has 1 saturated heterocycles. The molecule has 6 nitrogen and oxygen atoms in total. The lowest BCUT2D eigenvalue weighted by Gasteiger charge is -2.27. The molecule has 0 spiro atoms. The number of anilines is 1. The number of halogens is 1. The minimum absolute atomic E-state index is 0.00554. The van der Waals surface area contributed by atoms with Gasteiger partial charge in [0, 0.05) is 30.4 Å². The molecule has 1 fully saturated rings. The van der Waals surface area contributed by atoms with Crippen molar-refractivity contribution >= 4 is 34.8 Å². The first-order valence-electron chi connectivity index (χ1n) is 7.82. The molecule has 3 heterocycles. The molecule has 0 bridgehead atoms. The van der Waals surface area contributed by atoms with Crippen LogP contribution in [0.15, 0.2) is 23.7 Å². The number of morpholine rings is 1. The first-order valence-corrected chi connectivity index (χ1v) is 9.07. The Hall–Kier alpha value is -1.70. The second-order valence-corrected chi connectivity index (χ2v) is 7.06. The van der Waals surface area contributed by atoms with Crippen molar-refractivity contribution in [3.8, 4) is 0 Å². The minimum atomic E-state index is -0.277. The van der Waals surface area contributed by atoms with E-state index in [4.69, 9.17) is 16.3 Å². The minimum Gasteiger partial charge on any atom is -0.378 e. The van der Waals surface area contributed by atoms with E-state index in [1.165, 1.54) is 11.1 Å². The van der Waals surface area contributed by atoms with Crippen LogP contribution in [0.3, 0.4) is 0 Å². The maximum atomic E-state index is 12.5. The Kier molecular flexibility index (Phi) is 5.65. The highest BCUT2D eigenvalue weighted by atomic mass is 35.5. The van der Waals surface area contributed by atoms with Crippen LogP contribution in [0.5, 0.6) is 0 Å². The summed E-state index contributed by atoms with van der Waals surface area (Å²) in [6.45, 7) is 4.64. The van der Waals surface area contributed by atoms with Crippen LogP contribution in [0.2, 0.25) is 5.02 Å². The Balaban J connectivity index is 1.69. The van der Waals surface area contributed by atoms with Crippen LogP contribution in [0.1, 0.15) is 22.3 Å². The molecule has 0 radical (unpaired) electrons. The molecule has 3 rings (SSSR count). The standard InChI is InChI=1S/C16H19ClN4O2S/c1-11(9-12-3-2-8-24-12)19-15(22)14-13(17)10-18-16(20-14)21-4-6-23-7-5-21/h2-3,8,10-11H,4-7,9H2,1H3,(H,19,22). The van der Waals surface area contributed by atoms with Gasteiger partial charge in [0.25, 0.3) is 5.91 Å². The summed E-state index contributed by atoms with van der Waals surface area (Å²) in [7, 11) is 0. The molecule has 1 unspecified atom stereocenters. The normalized spacial score (nSPS) is 16.0. The van der Waals surface area contributed by atoms with Crippen molar-refractivity contribution in [2.45, 2.75) is 19.4 Å². The van der Waals surface area contributed by atoms with Gasteiger partial charge in [0.2, 0.25) is 5.95 Å². The average molecular weight is 367 g/mol. The number of carbonyl (C=O) groups is 1. The lowest BCUT2D eigenvalue weighted by atomic mass is 10.2. The van der Waals surface area contributed by atoms with Gasteiger partial charge in [-0.3, -0.25) is 4.79 Å². The third kappa shape index (κ3) is 4.23. The first-order chi connectivity index (χ1) is 11.6. The lowest BCUT2D eigenvalue weighted by molar-refractivity contribution is 0.0935. The summed E-state index contributed by atoms with van der Waals surface area (Å²) in [5.74, 6) is 0.236. The number of carbonyl (C=O) groups excluding carboxylic acids is 1. The first kappa shape index (κ1) is 17.1. The van der Waals surface area contributed by atoms with Gasteiger partial charge in [-0.2, -0.15) is 0 Å². The van der Waals surface area contributed by atoms with E-state index in [1.807, 2.05) is 23.3 Å². The molecule has 8 heteroatoms. The van der Waals surface area contributed by atoms with Crippen molar-refractivity contribution in [2.24, 2.45) is 0 Å². The maximum absolute atomic E-state index is 12.5. The maximum Gasteiger partial charge on any atom is 0.271 e. The van der Waals surface area contributed by atoms with Crippen LogP contribution in [0.25, 0.3) is 0 Å². The van der Waals surface area contributed by atoms with E-state index in [1.54, 1.807) is 11.3 Å². The number of nitrogens with one attached hydrogen (secondary N) is 1. The van der Waals surface area contributed by atoms with Crippen LogP contribution in [0.4, 0.5) is 5.95 Å². The van der Waals surface area contributed by atoms with Crippen molar-refractivity contribution in [3.05, 3.63) is 39.3 Å². The fourth-order valence-corrected chi connectivity index (χ4v) is 3.52. The van der Waals surface area contributed by atoms with Gasteiger partial charge in [0.1, 0.15) is 0 Å². The van der Waals surface area contributed by atoms with E-state index in [2.05, 4.69) is 21.4 Å². The number of rotatable bonds is 5. The fourth-order valence-electron chi connectivity index (χ4n) is 2.51. The zero-order valence-electron chi connectivity index (χ0n) is 13.4. The highest BCUT2D eigenvalue weighted by Crippen LogP contribution is 2.18. The monoisotopic (exact) mass is 366 g/mol. The summed E-state index contributed by atoms with van der Waals surface area (Å²) >= 11 is 7.81. The van der Waals surface area contributed by atoms with Gasteiger partial charge in [-0.05, 0) is 18.4 Å². The second kappa shape index (κ2) is 7.92. The number of nitrogens with zero attached hydrogens (tertiary/aromatic N) is 3. The van der Waals surface area contributed by atoms with Crippen molar-refractivity contribution < 1.29 is 9.53 Å². The highest BCUT2D eigenvalue weighted by Gasteiger charge is 2.20. The molecule has 128 valence electrons. The zero-order valence-corrected chi connectivity index (χ0v) is 14.9. The zero-order chi connectivity index (χ0) is 16.9. The second-order valence-electron chi connectivity index (χ2n) is 5.62.